The molecule has 0 radical (unpaired) electrons. The van der Waals surface area contributed by atoms with Gasteiger partial charge in [0.15, 0.2) is 0 Å². The van der Waals surface area contributed by atoms with Crippen LogP contribution in [0.4, 0.5) is 0 Å². The van der Waals surface area contributed by atoms with Crippen LogP contribution in [0.25, 0.3) is 0 Å². The Hall–Kier alpha value is -0.300. The summed E-state index contributed by atoms with van der Waals surface area (Å²) in [4.78, 5) is 0. The van der Waals surface area contributed by atoms with Crippen LogP contribution in [0.1, 0.15) is 70.8 Å². The minimum absolute atomic E-state index is 0.887. The molecule has 0 amide bonds. The van der Waals surface area contributed by atoms with E-state index in [1.165, 1.54) is 67.8 Å². The minimum Gasteiger partial charge on any atom is -0.0654 e. The monoisotopic (exact) mass is 324 g/mol. The molecule has 0 aliphatic carbocycles. The van der Waals surface area contributed by atoms with E-state index in [-0.39, 0.29) is 0 Å². The lowest BCUT2D eigenvalue weighted by atomic mass is 9.89. The molecule has 0 aromatic heterocycles. The van der Waals surface area contributed by atoms with E-state index < -0.39 is 0 Å². The summed E-state index contributed by atoms with van der Waals surface area (Å²) in [7, 11) is 0. The fourth-order valence-electron chi connectivity index (χ4n) is 2.65. The molecule has 0 nitrogen and oxygen atoms in total. The third kappa shape index (κ3) is 7.77. The van der Waals surface area contributed by atoms with Gasteiger partial charge >= 0.3 is 0 Å². The minimum atomic E-state index is 0.887. The number of hydrogen-bond acceptors (Lipinski definition) is 0. The Morgan fingerprint density at radius 1 is 0.842 bits per heavy atom. The van der Waals surface area contributed by atoms with Crippen LogP contribution in [0.3, 0.4) is 0 Å². The molecule has 0 heterocycles. The molecule has 0 spiro atoms. The molecule has 0 bridgehead atoms. The van der Waals surface area contributed by atoms with Crippen molar-refractivity contribution in [3.05, 3.63) is 34.3 Å². The highest BCUT2D eigenvalue weighted by molar-refractivity contribution is 9.10. The van der Waals surface area contributed by atoms with Gasteiger partial charge in [-0.3, -0.25) is 0 Å². The number of rotatable bonds is 10. The van der Waals surface area contributed by atoms with E-state index in [0.717, 1.165) is 5.92 Å². The van der Waals surface area contributed by atoms with Crippen molar-refractivity contribution in [2.45, 2.75) is 71.6 Å². The lowest BCUT2D eigenvalue weighted by Gasteiger charge is -2.17. The zero-order valence-electron chi connectivity index (χ0n) is 12.6. The van der Waals surface area contributed by atoms with Crippen LogP contribution in [0, 0.1) is 5.92 Å². The molecular weight excluding hydrogens is 296 g/mol. The van der Waals surface area contributed by atoms with E-state index in [9.17, 15) is 0 Å². The van der Waals surface area contributed by atoms with E-state index >= 15 is 0 Å². The smallest absolute Gasteiger partial charge is 0.0175 e. The molecule has 108 valence electrons. The predicted molar refractivity (Wildman–Crippen MR) is 89.6 cm³/mol. The molecular formula is C18H29Br. The zero-order chi connectivity index (χ0) is 13.9. The van der Waals surface area contributed by atoms with Gasteiger partial charge in [0.1, 0.15) is 0 Å². The Morgan fingerprint density at radius 3 is 2.11 bits per heavy atom. The molecule has 0 aliphatic heterocycles. The molecule has 0 saturated heterocycles. The first-order chi connectivity index (χ1) is 9.26. The summed E-state index contributed by atoms with van der Waals surface area (Å²) in [6.07, 6.45) is 12.4. The maximum Gasteiger partial charge on any atom is 0.0175 e. The Kier molecular flexibility index (Phi) is 9.24. The van der Waals surface area contributed by atoms with Crippen molar-refractivity contribution in [3.63, 3.8) is 0 Å². The first-order valence-electron chi connectivity index (χ1n) is 8.00. The molecule has 1 unspecified atom stereocenters. The molecule has 19 heavy (non-hydrogen) atoms. The molecule has 1 aromatic rings. The summed E-state index contributed by atoms with van der Waals surface area (Å²) in [5.41, 5.74) is 1.50. The molecule has 0 fully saturated rings. The SMILES string of the molecule is CCCCCCC(CCCC)Cc1ccc(Br)cc1. The fourth-order valence-corrected chi connectivity index (χ4v) is 2.92. The summed E-state index contributed by atoms with van der Waals surface area (Å²) >= 11 is 3.51. The summed E-state index contributed by atoms with van der Waals surface area (Å²) < 4.78 is 1.18. The van der Waals surface area contributed by atoms with Crippen molar-refractivity contribution in [2.24, 2.45) is 5.92 Å². The Bertz CT molecular complexity index is 315. The summed E-state index contributed by atoms with van der Waals surface area (Å²) in [5, 5.41) is 0. The van der Waals surface area contributed by atoms with Crippen molar-refractivity contribution in [1.29, 1.82) is 0 Å². The Balaban J connectivity index is 2.41. The molecule has 0 N–H and O–H groups in total. The van der Waals surface area contributed by atoms with Crippen molar-refractivity contribution >= 4 is 15.9 Å². The average molecular weight is 325 g/mol. The van der Waals surface area contributed by atoms with Crippen molar-refractivity contribution in [3.8, 4) is 0 Å². The molecule has 1 rings (SSSR count). The van der Waals surface area contributed by atoms with Crippen molar-refractivity contribution in [2.75, 3.05) is 0 Å². The van der Waals surface area contributed by atoms with E-state index in [1.807, 2.05) is 0 Å². The van der Waals surface area contributed by atoms with Crippen LogP contribution in [-0.4, -0.2) is 0 Å². The van der Waals surface area contributed by atoms with Gasteiger partial charge in [-0.05, 0) is 30.0 Å². The topological polar surface area (TPSA) is 0 Å². The van der Waals surface area contributed by atoms with Crippen LogP contribution in [0.5, 0.6) is 0 Å². The number of halogens is 1. The van der Waals surface area contributed by atoms with Gasteiger partial charge in [-0.25, -0.2) is 0 Å². The van der Waals surface area contributed by atoms with Gasteiger partial charge in [-0.2, -0.15) is 0 Å². The zero-order valence-corrected chi connectivity index (χ0v) is 14.2. The van der Waals surface area contributed by atoms with Gasteiger partial charge < -0.3 is 0 Å². The third-order valence-electron chi connectivity index (χ3n) is 3.87. The van der Waals surface area contributed by atoms with Crippen LogP contribution < -0.4 is 0 Å². The van der Waals surface area contributed by atoms with Crippen LogP contribution in [0.15, 0.2) is 28.7 Å². The lowest BCUT2D eigenvalue weighted by molar-refractivity contribution is 0.410. The van der Waals surface area contributed by atoms with Crippen molar-refractivity contribution < 1.29 is 0 Å². The van der Waals surface area contributed by atoms with E-state index in [1.54, 1.807) is 0 Å². The second-order valence-corrected chi connectivity index (χ2v) is 6.60. The highest BCUT2D eigenvalue weighted by Crippen LogP contribution is 2.22. The highest BCUT2D eigenvalue weighted by Gasteiger charge is 2.09. The first kappa shape index (κ1) is 16.8. The second kappa shape index (κ2) is 10.5. The molecule has 1 atom stereocenters. The molecule has 0 aliphatic rings. The van der Waals surface area contributed by atoms with Crippen LogP contribution in [-0.2, 0) is 6.42 Å². The molecule has 1 heteroatoms. The Morgan fingerprint density at radius 2 is 1.47 bits per heavy atom. The van der Waals surface area contributed by atoms with E-state index in [0.29, 0.717) is 0 Å². The van der Waals surface area contributed by atoms with Gasteiger partial charge in [-0.1, -0.05) is 93.3 Å². The largest absolute Gasteiger partial charge is 0.0654 e. The van der Waals surface area contributed by atoms with Crippen LogP contribution >= 0.6 is 15.9 Å². The highest BCUT2D eigenvalue weighted by atomic mass is 79.9. The summed E-state index contributed by atoms with van der Waals surface area (Å²) in [5.74, 6) is 0.887. The second-order valence-electron chi connectivity index (χ2n) is 5.69. The normalized spacial score (nSPS) is 12.6. The average Bonchev–Trinajstić information content (AvgIpc) is 2.43. The van der Waals surface area contributed by atoms with Gasteiger partial charge in [0, 0.05) is 4.47 Å². The van der Waals surface area contributed by atoms with Gasteiger partial charge in [0.25, 0.3) is 0 Å². The third-order valence-corrected chi connectivity index (χ3v) is 4.40. The van der Waals surface area contributed by atoms with E-state index in [2.05, 4.69) is 54.0 Å². The Labute approximate surface area is 128 Å². The van der Waals surface area contributed by atoms with Gasteiger partial charge in [-0.15, -0.1) is 0 Å². The predicted octanol–water partition coefficient (Wildman–Crippen LogP) is 6.77. The quantitative estimate of drug-likeness (QED) is 0.416. The number of hydrogen-bond donors (Lipinski definition) is 0. The number of benzene rings is 1. The maximum atomic E-state index is 3.51. The van der Waals surface area contributed by atoms with Crippen LogP contribution in [0.2, 0.25) is 0 Å². The lowest BCUT2D eigenvalue weighted by Crippen LogP contribution is -2.05. The number of unbranched alkanes of at least 4 members (excludes halogenated alkanes) is 4. The fraction of sp³-hybridized carbons (Fsp3) is 0.667. The van der Waals surface area contributed by atoms with Gasteiger partial charge in [0.2, 0.25) is 0 Å². The standard InChI is InChI=1S/C18H29Br/c1-3-5-7-8-10-16(9-6-4-2)15-17-11-13-18(19)14-12-17/h11-14,16H,3-10,15H2,1-2H3. The molecule has 0 saturated carbocycles. The van der Waals surface area contributed by atoms with Gasteiger partial charge in [0.05, 0.1) is 0 Å². The summed E-state index contributed by atoms with van der Waals surface area (Å²) in [6, 6.07) is 8.89. The van der Waals surface area contributed by atoms with E-state index in [4.69, 9.17) is 0 Å². The summed E-state index contributed by atoms with van der Waals surface area (Å²) in [6.45, 7) is 4.59. The van der Waals surface area contributed by atoms with Crippen molar-refractivity contribution in [1.82, 2.24) is 0 Å². The molecule has 1 aromatic carbocycles. The first-order valence-corrected chi connectivity index (χ1v) is 8.80. The maximum absolute atomic E-state index is 3.51.